The van der Waals surface area contributed by atoms with Crippen LogP contribution in [0.5, 0.6) is 0 Å². The minimum Gasteiger partial charge on any atom is -0.477 e. The largest absolute Gasteiger partial charge is 0.477 e. The third-order valence-electron chi connectivity index (χ3n) is 6.58. The Bertz CT molecular complexity index is 1330. The second kappa shape index (κ2) is 9.50. The van der Waals surface area contributed by atoms with Gasteiger partial charge in [-0.2, -0.15) is 0 Å². The average molecular weight is 480 g/mol. The number of fused-ring (bicyclic) bond motifs is 1. The number of amides is 1. The predicted molar refractivity (Wildman–Crippen MR) is 128 cm³/mol. The fourth-order valence-electron chi connectivity index (χ4n) is 4.53. The molecule has 2 heterocycles. The van der Waals surface area contributed by atoms with Crippen LogP contribution in [-0.4, -0.2) is 59.2 Å². The lowest BCUT2D eigenvalue weighted by Crippen LogP contribution is -2.50. The summed E-state index contributed by atoms with van der Waals surface area (Å²) in [6.07, 6.45) is 3.14. The van der Waals surface area contributed by atoms with Gasteiger partial charge in [-0.3, -0.25) is 9.59 Å². The van der Waals surface area contributed by atoms with Crippen molar-refractivity contribution in [1.82, 2.24) is 9.47 Å². The topological polar surface area (TPSA) is 92.1 Å². The summed E-state index contributed by atoms with van der Waals surface area (Å²) in [5.41, 5.74) is 0.851. The number of carbonyl (C=O) groups is 2. The lowest BCUT2D eigenvalue weighted by atomic mass is 10.1. The summed E-state index contributed by atoms with van der Waals surface area (Å²) in [7, 11) is 0. The zero-order valence-electron chi connectivity index (χ0n) is 19.2. The van der Waals surface area contributed by atoms with Crippen LogP contribution in [0, 0.1) is 5.82 Å². The molecule has 2 fully saturated rings. The van der Waals surface area contributed by atoms with Crippen molar-refractivity contribution >= 4 is 28.5 Å². The Hall–Kier alpha value is -3.72. The Morgan fingerprint density at radius 3 is 2.43 bits per heavy atom. The second-order valence-corrected chi connectivity index (χ2v) is 8.98. The highest BCUT2D eigenvalue weighted by Crippen LogP contribution is 2.38. The highest BCUT2D eigenvalue weighted by Gasteiger charge is 2.29. The zero-order chi connectivity index (χ0) is 24.5. The molecule has 182 valence electrons. The lowest BCUT2D eigenvalue weighted by molar-refractivity contribution is -0.136. The molecule has 2 aromatic carbocycles. The van der Waals surface area contributed by atoms with Crippen molar-refractivity contribution in [2.45, 2.75) is 25.5 Å². The minimum atomic E-state index is -1.32. The van der Waals surface area contributed by atoms with Crippen molar-refractivity contribution in [3.8, 4) is 0 Å². The van der Waals surface area contributed by atoms with Crippen LogP contribution in [0.25, 0.3) is 10.9 Å². The van der Waals surface area contributed by atoms with Gasteiger partial charge in [0.1, 0.15) is 18.0 Å². The Morgan fingerprint density at radius 2 is 1.77 bits per heavy atom. The van der Waals surface area contributed by atoms with Gasteiger partial charge in [-0.15, -0.1) is 0 Å². The van der Waals surface area contributed by atoms with Gasteiger partial charge in [0.05, 0.1) is 17.8 Å². The van der Waals surface area contributed by atoms with Gasteiger partial charge in [-0.25, -0.2) is 9.18 Å². The summed E-state index contributed by atoms with van der Waals surface area (Å²) in [4.78, 5) is 40.3. The van der Waals surface area contributed by atoms with Gasteiger partial charge in [0.25, 0.3) is 0 Å². The van der Waals surface area contributed by atoms with Crippen LogP contribution in [-0.2, 0) is 16.1 Å². The summed E-state index contributed by atoms with van der Waals surface area (Å²) in [6.45, 7) is 2.08. The van der Waals surface area contributed by atoms with E-state index in [0.717, 1.165) is 24.5 Å². The third kappa shape index (κ3) is 4.77. The first-order chi connectivity index (χ1) is 16.9. The summed E-state index contributed by atoms with van der Waals surface area (Å²) in [5, 5.41) is 9.48. The molecular formula is C26H26FN3O5. The van der Waals surface area contributed by atoms with Gasteiger partial charge in [0.15, 0.2) is 0 Å². The fourth-order valence-corrected chi connectivity index (χ4v) is 4.53. The Morgan fingerprint density at radius 1 is 1.06 bits per heavy atom. The Kier molecular flexibility index (Phi) is 6.25. The minimum absolute atomic E-state index is 0.0151. The maximum absolute atomic E-state index is 15.1. The number of piperazine rings is 1. The first-order valence-corrected chi connectivity index (χ1v) is 11.7. The van der Waals surface area contributed by atoms with Crippen molar-refractivity contribution in [2.75, 3.05) is 37.7 Å². The molecule has 0 radical (unpaired) electrons. The van der Waals surface area contributed by atoms with E-state index in [1.807, 2.05) is 35.2 Å². The van der Waals surface area contributed by atoms with E-state index >= 15 is 4.39 Å². The number of aromatic carboxylic acids is 1. The molecule has 0 atom stereocenters. The SMILES string of the molecule is O=C(O)c1cn(C2CC2)c2cc(N3CCN(C(=O)COCc4ccccc4)CC3)c(F)cc2c1=O. The van der Waals surface area contributed by atoms with E-state index in [9.17, 15) is 19.5 Å². The Balaban J connectivity index is 1.29. The molecule has 1 N–H and O–H groups in total. The van der Waals surface area contributed by atoms with Crippen LogP contribution in [0.3, 0.4) is 0 Å². The molecule has 5 rings (SSSR count). The van der Waals surface area contributed by atoms with Gasteiger partial charge < -0.3 is 24.2 Å². The van der Waals surface area contributed by atoms with Crippen LogP contribution < -0.4 is 10.3 Å². The maximum atomic E-state index is 15.1. The normalized spacial score (nSPS) is 16.0. The molecule has 35 heavy (non-hydrogen) atoms. The number of benzene rings is 2. The molecule has 1 aliphatic carbocycles. The van der Waals surface area contributed by atoms with Crippen LogP contribution in [0.2, 0.25) is 0 Å². The number of ether oxygens (including phenoxy) is 1. The zero-order valence-corrected chi connectivity index (χ0v) is 19.2. The second-order valence-electron chi connectivity index (χ2n) is 8.98. The van der Waals surface area contributed by atoms with Gasteiger partial charge >= 0.3 is 5.97 Å². The van der Waals surface area contributed by atoms with E-state index in [-0.39, 0.29) is 29.5 Å². The summed E-state index contributed by atoms with van der Waals surface area (Å²) in [6, 6.07) is 12.5. The highest BCUT2D eigenvalue weighted by atomic mass is 19.1. The number of rotatable bonds is 7. The monoisotopic (exact) mass is 479 g/mol. The van der Waals surface area contributed by atoms with Crippen molar-refractivity contribution in [3.05, 3.63) is 75.8 Å². The maximum Gasteiger partial charge on any atom is 0.341 e. The number of carboxylic acids is 1. The first-order valence-electron chi connectivity index (χ1n) is 11.7. The number of hydrogen-bond acceptors (Lipinski definition) is 5. The van der Waals surface area contributed by atoms with E-state index in [4.69, 9.17) is 4.74 Å². The van der Waals surface area contributed by atoms with E-state index < -0.39 is 17.2 Å². The molecule has 0 bridgehead atoms. The van der Waals surface area contributed by atoms with Gasteiger partial charge in [-0.05, 0) is 30.5 Å². The molecule has 0 unspecified atom stereocenters. The van der Waals surface area contributed by atoms with Crippen LogP contribution >= 0.6 is 0 Å². The number of nitrogens with zero attached hydrogens (tertiary/aromatic N) is 3. The van der Waals surface area contributed by atoms with E-state index in [1.165, 1.54) is 6.20 Å². The molecule has 9 heteroatoms. The van der Waals surface area contributed by atoms with Crippen molar-refractivity contribution in [3.63, 3.8) is 0 Å². The quantitative estimate of drug-likeness (QED) is 0.560. The number of carboxylic acid groups (broad SMARTS) is 1. The molecule has 1 aliphatic heterocycles. The first kappa shape index (κ1) is 23.0. The van der Waals surface area contributed by atoms with Crippen molar-refractivity contribution < 1.29 is 23.8 Å². The summed E-state index contributed by atoms with van der Waals surface area (Å²) >= 11 is 0. The van der Waals surface area contributed by atoms with Crippen molar-refractivity contribution in [2.24, 2.45) is 0 Å². The van der Waals surface area contributed by atoms with Gasteiger partial charge in [-0.1, -0.05) is 30.3 Å². The number of carbonyl (C=O) groups excluding carboxylic acids is 1. The molecule has 2 aliphatic rings. The van der Waals surface area contributed by atoms with E-state index in [1.54, 1.807) is 15.5 Å². The molecular weight excluding hydrogens is 453 g/mol. The van der Waals surface area contributed by atoms with Crippen LogP contribution in [0.15, 0.2) is 53.5 Å². The molecule has 0 spiro atoms. The fraction of sp³-hybridized carbons (Fsp3) is 0.346. The third-order valence-corrected chi connectivity index (χ3v) is 6.58. The molecule has 3 aromatic rings. The standard InChI is InChI=1S/C26H26FN3O5/c27-21-12-19-22(30(18-6-7-18)14-20(25(19)32)26(33)34)13-23(21)28-8-10-29(11-9-28)24(31)16-35-15-17-4-2-1-3-5-17/h1-5,12-14,18H,6-11,15-16H2,(H,33,34). The van der Waals surface area contributed by atoms with Crippen LogP contribution in [0.1, 0.15) is 34.8 Å². The van der Waals surface area contributed by atoms with E-state index in [2.05, 4.69) is 0 Å². The predicted octanol–water partition coefficient (Wildman–Crippen LogP) is 3.04. The number of anilines is 1. The Labute approximate surface area is 201 Å². The molecule has 1 amide bonds. The lowest BCUT2D eigenvalue weighted by Gasteiger charge is -2.36. The number of hydrogen-bond donors (Lipinski definition) is 1. The molecule has 1 saturated heterocycles. The van der Waals surface area contributed by atoms with E-state index in [0.29, 0.717) is 44.0 Å². The van der Waals surface area contributed by atoms with Gasteiger partial charge in [0.2, 0.25) is 11.3 Å². The van der Waals surface area contributed by atoms with Crippen molar-refractivity contribution in [1.29, 1.82) is 0 Å². The number of pyridine rings is 1. The molecule has 8 nitrogen and oxygen atoms in total. The number of aromatic nitrogens is 1. The van der Waals surface area contributed by atoms with Crippen LogP contribution in [0.4, 0.5) is 10.1 Å². The highest BCUT2D eigenvalue weighted by molar-refractivity contribution is 5.93. The summed E-state index contributed by atoms with van der Waals surface area (Å²) < 4.78 is 22.4. The molecule has 1 aromatic heterocycles. The average Bonchev–Trinajstić information content (AvgIpc) is 3.70. The smallest absolute Gasteiger partial charge is 0.341 e. The summed E-state index contributed by atoms with van der Waals surface area (Å²) in [5.74, 6) is -2.00. The number of halogens is 1. The molecule has 1 saturated carbocycles. The van der Waals surface area contributed by atoms with Gasteiger partial charge in [0, 0.05) is 43.8 Å².